The molecule has 1 N–H and O–H groups in total. The number of benzene rings is 1. The van der Waals surface area contributed by atoms with E-state index in [1.807, 2.05) is 13.0 Å². The number of hydrogen-bond acceptors (Lipinski definition) is 5. The van der Waals surface area contributed by atoms with Crippen molar-refractivity contribution in [2.75, 3.05) is 20.3 Å². The van der Waals surface area contributed by atoms with Gasteiger partial charge >= 0.3 is 5.97 Å². The van der Waals surface area contributed by atoms with Gasteiger partial charge in [-0.15, -0.1) is 0 Å². The van der Waals surface area contributed by atoms with E-state index in [0.29, 0.717) is 25.6 Å². The molecule has 0 spiro atoms. The number of carbonyl (C=O) groups is 2. The number of allylic oxidation sites excluding steroid dienone is 1. The topological polar surface area (TPSA) is 82.1 Å². The van der Waals surface area contributed by atoms with Crippen molar-refractivity contribution in [1.29, 1.82) is 0 Å². The highest BCUT2D eigenvalue weighted by atomic mass is 16.5. The second-order valence-electron chi connectivity index (χ2n) is 9.60. The van der Waals surface area contributed by atoms with Crippen molar-refractivity contribution in [3.63, 3.8) is 0 Å². The molecule has 0 amide bonds. The molecular weight excluding hydrogens is 396 g/mol. The molecule has 2 aliphatic carbocycles. The van der Waals surface area contributed by atoms with Crippen LogP contribution in [0.25, 0.3) is 5.57 Å². The minimum Gasteiger partial charge on any atom is -0.496 e. The fourth-order valence-corrected chi connectivity index (χ4v) is 5.30. The molecule has 2 aliphatic heterocycles. The zero-order chi connectivity index (χ0) is 21.9. The van der Waals surface area contributed by atoms with Gasteiger partial charge in [0.15, 0.2) is 5.78 Å². The maximum Gasteiger partial charge on any atom is 0.339 e. The van der Waals surface area contributed by atoms with Gasteiger partial charge in [0.1, 0.15) is 23.2 Å². The Kier molecular flexibility index (Phi) is 4.74. The van der Waals surface area contributed by atoms with Crippen molar-refractivity contribution in [1.82, 2.24) is 0 Å². The Labute approximate surface area is 181 Å². The third-order valence-corrected chi connectivity index (χ3v) is 7.20. The van der Waals surface area contributed by atoms with Gasteiger partial charge in [-0.3, -0.25) is 4.79 Å². The Balaban J connectivity index is 1.79. The summed E-state index contributed by atoms with van der Waals surface area (Å²) in [5, 5.41) is 9.78. The van der Waals surface area contributed by atoms with E-state index in [-0.39, 0.29) is 35.2 Å². The van der Waals surface area contributed by atoms with Crippen LogP contribution < -0.4 is 9.47 Å². The third-order valence-electron chi connectivity index (χ3n) is 7.20. The summed E-state index contributed by atoms with van der Waals surface area (Å²) in [5.74, 6) is 0.803. The third kappa shape index (κ3) is 3.28. The summed E-state index contributed by atoms with van der Waals surface area (Å²) in [4.78, 5) is 24.7. The van der Waals surface area contributed by atoms with Crippen molar-refractivity contribution in [2.24, 2.45) is 17.3 Å². The summed E-state index contributed by atoms with van der Waals surface area (Å²) in [6.07, 6.45) is 4.43. The maximum atomic E-state index is 12.7. The molecule has 2 atom stereocenters. The molecule has 1 saturated carbocycles. The predicted molar refractivity (Wildman–Crippen MR) is 114 cm³/mol. The Morgan fingerprint density at radius 1 is 1.23 bits per heavy atom. The molecule has 1 aromatic carbocycles. The summed E-state index contributed by atoms with van der Waals surface area (Å²) in [7, 11) is 1.65. The van der Waals surface area contributed by atoms with E-state index in [9.17, 15) is 14.7 Å². The maximum absolute atomic E-state index is 12.7. The molecule has 6 nitrogen and oxygen atoms in total. The highest BCUT2D eigenvalue weighted by Gasteiger charge is 2.50. The Morgan fingerprint density at radius 2 is 1.97 bits per heavy atom. The number of aliphatic carboxylic acids is 1. The van der Waals surface area contributed by atoms with Gasteiger partial charge in [-0.2, -0.15) is 0 Å². The van der Waals surface area contributed by atoms with E-state index in [4.69, 9.17) is 14.2 Å². The quantitative estimate of drug-likeness (QED) is 0.737. The van der Waals surface area contributed by atoms with E-state index in [1.54, 1.807) is 13.2 Å². The zero-order valence-electron chi connectivity index (χ0n) is 18.2. The summed E-state index contributed by atoms with van der Waals surface area (Å²) in [6.45, 7) is 5.17. The first-order valence-electron chi connectivity index (χ1n) is 11.0. The Hall–Kier alpha value is -2.60. The van der Waals surface area contributed by atoms with Crippen LogP contribution in [0.2, 0.25) is 0 Å². The van der Waals surface area contributed by atoms with Crippen molar-refractivity contribution in [2.45, 2.75) is 45.6 Å². The van der Waals surface area contributed by atoms with Gasteiger partial charge in [0, 0.05) is 18.1 Å². The Morgan fingerprint density at radius 3 is 2.55 bits per heavy atom. The van der Waals surface area contributed by atoms with Crippen molar-refractivity contribution >= 4 is 17.3 Å². The number of methoxy groups -OCH3 is 1. The van der Waals surface area contributed by atoms with Gasteiger partial charge in [0.05, 0.1) is 25.7 Å². The van der Waals surface area contributed by atoms with Crippen molar-refractivity contribution in [3.05, 3.63) is 40.5 Å². The summed E-state index contributed by atoms with van der Waals surface area (Å²) in [5.41, 5.74) is 3.56. The minimum atomic E-state index is -1.17. The molecule has 0 radical (unpaired) electrons. The monoisotopic (exact) mass is 424 g/mol. The fraction of sp³-hybridized carbons (Fsp3) is 0.520. The lowest BCUT2D eigenvalue weighted by molar-refractivity contribution is -0.143. The number of fused-ring (bicyclic) bond motifs is 2. The number of carboxylic acid groups (broad SMARTS) is 1. The first-order valence-corrected chi connectivity index (χ1v) is 11.0. The predicted octanol–water partition coefficient (Wildman–Crippen LogP) is 3.95. The van der Waals surface area contributed by atoms with Gasteiger partial charge in [0.25, 0.3) is 0 Å². The fourth-order valence-electron chi connectivity index (χ4n) is 5.30. The Bertz CT molecular complexity index is 1020. The standard InChI is InChI=1S/C25H28O6/c1-13-8-17-21(10-20(13)29-3)31-23(25(2)11-30-12-25)18-9-16(24(27)28)19(26)7-6-15(22(17)18)14-4-5-14/h8-10,14-15,23H,4-7,11-12H2,1-3H3,(H,27,28)/b16-9+/t15?,23-/m1/s1. The number of carboxylic acids is 1. The summed E-state index contributed by atoms with van der Waals surface area (Å²) < 4.78 is 17.6. The van der Waals surface area contributed by atoms with Crippen LogP contribution in [0.3, 0.4) is 0 Å². The van der Waals surface area contributed by atoms with E-state index in [1.165, 1.54) is 0 Å². The van der Waals surface area contributed by atoms with E-state index < -0.39 is 5.97 Å². The second-order valence-corrected chi connectivity index (χ2v) is 9.60. The first-order chi connectivity index (χ1) is 14.8. The molecule has 1 saturated heterocycles. The van der Waals surface area contributed by atoms with Gasteiger partial charge in [-0.05, 0) is 66.9 Å². The van der Waals surface area contributed by atoms with Crippen LogP contribution in [0.5, 0.6) is 11.5 Å². The number of carbonyl (C=O) groups excluding carboxylic acids is 1. The van der Waals surface area contributed by atoms with Crippen LogP contribution in [0.4, 0.5) is 0 Å². The highest BCUT2D eigenvalue weighted by Crippen LogP contribution is 2.55. The van der Waals surface area contributed by atoms with Crippen molar-refractivity contribution < 1.29 is 28.9 Å². The van der Waals surface area contributed by atoms with Crippen molar-refractivity contribution in [3.8, 4) is 11.5 Å². The normalized spacial score (nSPS) is 28.7. The van der Waals surface area contributed by atoms with E-state index in [2.05, 4.69) is 13.0 Å². The number of Topliss-reactive ketones (excluding diaryl/α,β-unsaturated/α-hetero) is 1. The molecule has 0 bridgehead atoms. The molecule has 2 fully saturated rings. The molecule has 6 heteroatoms. The van der Waals surface area contributed by atoms with E-state index in [0.717, 1.165) is 46.6 Å². The zero-order valence-corrected chi connectivity index (χ0v) is 18.2. The van der Waals surface area contributed by atoms with Crippen LogP contribution >= 0.6 is 0 Å². The number of rotatable bonds is 4. The molecule has 1 aromatic rings. The van der Waals surface area contributed by atoms with Gasteiger partial charge in [-0.25, -0.2) is 4.79 Å². The molecule has 0 aromatic heterocycles. The molecule has 31 heavy (non-hydrogen) atoms. The highest BCUT2D eigenvalue weighted by molar-refractivity contribution is 6.17. The molecule has 164 valence electrons. The lowest BCUT2D eigenvalue weighted by atomic mass is 9.70. The summed E-state index contributed by atoms with van der Waals surface area (Å²) in [6, 6.07) is 4.03. The number of hydrogen-bond donors (Lipinski definition) is 1. The molecule has 4 aliphatic rings. The molecule has 2 heterocycles. The minimum absolute atomic E-state index is 0.145. The molecule has 1 unspecified atom stereocenters. The number of ether oxygens (including phenoxy) is 3. The molecular formula is C25H28O6. The smallest absolute Gasteiger partial charge is 0.339 e. The average molecular weight is 424 g/mol. The van der Waals surface area contributed by atoms with Crippen LogP contribution in [0.15, 0.2) is 29.4 Å². The van der Waals surface area contributed by atoms with Gasteiger partial charge in [-0.1, -0.05) is 6.92 Å². The van der Waals surface area contributed by atoms with Crippen LogP contribution in [0, 0.1) is 24.2 Å². The lowest BCUT2D eigenvalue weighted by Crippen LogP contribution is -2.53. The van der Waals surface area contributed by atoms with Gasteiger partial charge in [0.2, 0.25) is 0 Å². The second kappa shape index (κ2) is 7.23. The number of aryl methyl sites for hydroxylation is 1. The first kappa shape index (κ1) is 20.3. The van der Waals surface area contributed by atoms with Crippen LogP contribution in [-0.2, 0) is 14.3 Å². The largest absolute Gasteiger partial charge is 0.496 e. The number of ketones is 1. The van der Waals surface area contributed by atoms with Crippen LogP contribution in [-0.4, -0.2) is 43.3 Å². The van der Waals surface area contributed by atoms with Gasteiger partial charge < -0.3 is 19.3 Å². The summed E-state index contributed by atoms with van der Waals surface area (Å²) >= 11 is 0. The lowest BCUT2D eigenvalue weighted by Gasteiger charge is -2.48. The average Bonchev–Trinajstić information content (AvgIpc) is 3.53. The molecule has 5 rings (SSSR count). The van der Waals surface area contributed by atoms with E-state index >= 15 is 0 Å². The SMILES string of the molecule is COc1cc2c(cc1C)C1=C(/C=C(/C(=O)O)C(=O)CCC1C1CC1)[C@H](C1(C)COC1)O2. The van der Waals surface area contributed by atoms with Crippen LogP contribution in [0.1, 0.15) is 43.7 Å².